The van der Waals surface area contributed by atoms with Gasteiger partial charge in [-0.2, -0.15) is 21.6 Å². The largest absolute Gasteiger partial charge is 0.534 e. The predicted molar refractivity (Wildman–Crippen MR) is 100 cm³/mol. The molecule has 0 saturated heterocycles. The van der Waals surface area contributed by atoms with E-state index in [2.05, 4.69) is 10.8 Å². The van der Waals surface area contributed by atoms with Crippen LogP contribution in [0.4, 0.5) is 17.6 Å². The molecule has 0 saturated carbocycles. The van der Waals surface area contributed by atoms with Gasteiger partial charge in [0.25, 0.3) is 0 Å². The Balaban J connectivity index is 2.74. The molecule has 1 heterocycles. The maximum atomic E-state index is 14.3. The fourth-order valence-electron chi connectivity index (χ4n) is 3.07. The third kappa shape index (κ3) is 5.06. The number of ether oxygens (including phenoxy) is 1. The van der Waals surface area contributed by atoms with Crippen LogP contribution in [0.2, 0.25) is 0 Å². The molecule has 2 rings (SSSR count). The third-order valence-electron chi connectivity index (χ3n) is 4.62. The second kappa shape index (κ2) is 8.69. The molecule has 1 aromatic carbocycles. The number of fused-ring (bicyclic) bond motifs is 1. The van der Waals surface area contributed by atoms with Gasteiger partial charge in [0.2, 0.25) is 0 Å². The van der Waals surface area contributed by atoms with Crippen molar-refractivity contribution in [3.63, 3.8) is 0 Å². The van der Waals surface area contributed by atoms with E-state index in [1.807, 2.05) is 0 Å². The molecule has 0 unspecified atom stereocenters. The Hall–Kier alpha value is -2.89. The fraction of sp³-hybridized carbons (Fsp3) is 0.368. The fourth-order valence-corrected chi connectivity index (χ4v) is 3.56. The average molecular weight is 466 g/mol. The van der Waals surface area contributed by atoms with Gasteiger partial charge in [-0.15, -0.1) is 0 Å². The van der Waals surface area contributed by atoms with Crippen molar-refractivity contribution in [2.45, 2.75) is 45.2 Å². The number of hydrogen-bond donors (Lipinski definition) is 1. The molecule has 0 aromatic heterocycles. The SMILES string of the molecule is C=C(F)c1c(C)c2c(c(OS(=O)(=O)C(F)(F)F)c1CC=C(C)CCC(=O)O)C(=O)OC2. The van der Waals surface area contributed by atoms with Gasteiger partial charge in [0.1, 0.15) is 18.0 Å². The van der Waals surface area contributed by atoms with Crippen molar-refractivity contribution >= 4 is 27.9 Å². The lowest BCUT2D eigenvalue weighted by molar-refractivity contribution is -0.136. The number of esters is 1. The molecule has 1 N–H and O–H groups in total. The first kappa shape index (κ1) is 24.4. The van der Waals surface area contributed by atoms with E-state index in [-0.39, 0.29) is 41.5 Å². The first-order chi connectivity index (χ1) is 14.2. The standard InChI is InChI=1S/C19H18F4O7S/c1-9(5-7-14(24)25)4-6-12-15(11(3)20)10(2)13-8-29-18(26)16(13)17(12)30-31(27,28)19(21,22)23/h4H,3,5-8H2,1-2H3,(H,24,25). The number of aliphatic carboxylic acids is 1. The summed E-state index contributed by atoms with van der Waals surface area (Å²) in [4.78, 5) is 22.8. The molecule has 0 fully saturated rings. The van der Waals surface area contributed by atoms with Gasteiger partial charge >= 0.3 is 27.6 Å². The number of carbonyl (C=O) groups is 2. The van der Waals surface area contributed by atoms with Crippen LogP contribution in [0.1, 0.15) is 52.4 Å². The number of rotatable bonds is 8. The third-order valence-corrected chi connectivity index (χ3v) is 5.57. The van der Waals surface area contributed by atoms with Crippen molar-refractivity contribution < 1.29 is 49.6 Å². The summed E-state index contributed by atoms with van der Waals surface area (Å²) < 4.78 is 85.6. The van der Waals surface area contributed by atoms with E-state index in [1.165, 1.54) is 19.9 Å². The Kier molecular flexibility index (Phi) is 6.84. The second-order valence-corrected chi connectivity index (χ2v) is 8.31. The Morgan fingerprint density at radius 1 is 1.32 bits per heavy atom. The van der Waals surface area contributed by atoms with Crippen molar-refractivity contribution in [2.75, 3.05) is 0 Å². The zero-order chi connectivity index (χ0) is 23.7. The van der Waals surface area contributed by atoms with Crippen LogP contribution in [0.3, 0.4) is 0 Å². The van der Waals surface area contributed by atoms with Crippen LogP contribution in [-0.4, -0.2) is 31.0 Å². The number of cyclic esters (lactones) is 1. The minimum absolute atomic E-state index is 0.0125. The molecule has 0 spiro atoms. The van der Waals surface area contributed by atoms with Crippen molar-refractivity contribution in [3.05, 3.63) is 46.0 Å². The molecule has 0 bridgehead atoms. The lowest BCUT2D eigenvalue weighted by Gasteiger charge is -2.19. The van der Waals surface area contributed by atoms with E-state index >= 15 is 0 Å². The zero-order valence-corrected chi connectivity index (χ0v) is 17.2. The minimum Gasteiger partial charge on any atom is -0.481 e. The van der Waals surface area contributed by atoms with Gasteiger partial charge in [0.05, 0.1) is 0 Å². The molecular weight excluding hydrogens is 448 g/mol. The van der Waals surface area contributed by atoms with Gasteiger partial charge < -0.3 is 14.0 Å². The Bertz CT molecular complexity index is 1090. The molecule has 1 aliphatic rings. The highest BCUT2D eigenvalue weighted by Gasteiger charge is 2.50. The molecule has 0 aliphatic carbocycles. The zero-order valence-electron chi connectivity index (χ0n) is 16.4. The summed E-state index contributed by atoms with van der Waals surface area (Å²) in [5.41, 5.74) is -6.40. The van der Waals surface area contributed by atoms with Crippen molar-refractivity contribution in [3.8, 4) is 5.75 Å². The molecule has 0 atom stereocenters. The molecule has 0 radical (unpaired) electrons. The van der Waals surface area contributed by atoms with Crippen LogP contribution < -0.4 is 4.18 Å². The van der Waals surface area contributed by atoms with E-state index in [0.29, 0.717) is 5.57 Å². The number of halogens is 4. The molecular formula is C19H18F4O7S. The quantitative estimate of drug-likeness (QED) is 0.201. The molecule has 31 heavy (non-hydrogen) atoms. The highest BCUT2D eigenvalue weighted by atomic mass is 32.2. The predicted octanol–water partition coefficient (Wildman–Crippen LogP) is 4.19. The normalized spacial score (nSPS) is 14.3. The van der Waals surface area contributed by atoms with Gasteiger partial charge in [-0.25, -0.2) is 9.18 Å². The minimum atomic E-state index is -6.19. The van der Waals surface area contributed by atoms with Crippen LogP contribution in [-0.2, 0) is 32.7 Å². The molecule has 170 valence electrons. The van der Waals surface area contributed by atoms with Crippen molar-refractivity contribution in [2.24, 2.45) is 0 Å². The highest BCUT2D eigenvalue weighted by molar-refractivity contribution is 7.88. The van der Waals surface area contributed by atoms with E-state index in [9.17, 15) is 35.6 Å². The summed E-state index contributed by atoms with van der Waals surface area (Å²) in [5.74, 6) is -4.27. The molecule has 12 heteroatoms. The van der Waals surface area contributed by atoms with E-state index in [1.54, 1.807) is 0 Å². The van der Waals surface area contributed by atoms with Crippen LogP contribution in [0.15, 0.2) is 18.2 Å². The summed E-state index contributed by atoms with van der Waals surface area (Å²) in [6, 6.07) is 0. The van der Waals surface area contributed by atoms with Crippen molar-refractivity contribution in [1.82, 2.24) is 0 Å². The number of hydrogen-bond acceptors (Lipinski definition) is 6. The summed E-state index contributed by atoms with van der Waals surface area (Å²) in [7, 11) is -6.19. The number of benzene rings is 1. The Labute approximate surface area is 175 Å². The highest BCUT2D eigenvalue weighted by Crippen LogP contribution is 2.43. The van der Waals surface area contributed by atoms with Crippen LogP contribution in [0.5, 0.6) is 5.75 Å². The maximum Gasteiger partial charge on any atom is 0.534 e. The number of carboxylic acids is 1. The van der Waals surface area contributed by atoms with Gasteiger partial charge in [0, 0.05) is 23.1 Å². The van der Waals surface area contributed by atoms with Crippen LogP contribution in [0.25, 0.3) is 5.83 Å². The Morgan fingerprint density at radius 2 is 1.94 bits per heavy atom. The number of alkyl halides is 3. The smallest absolute Gasteiger partial charge is 0.481 e. The van der Waals surface area contributed by atoms with Crippen LogP contribution >= 0.6 is 0 Å². The lowest BCUT2D eigenvalue weighted by Crippen LogP contribution is -2.29. The lowest BCUT2D eigenvalue weighted by atomic mass is 9.89. The van der Waals surface area contributed by atoms with Gasteiger partial charge in [0.15, 0.2) is 5.75 Å². The summed E-state index contributed by atoms with van der Waals surface area (Å²) in [6.45, 7) is 5.66. The topological polar surface area (TPSA) is 107 Å². The van der Waals surface area contributed by atoms with E-state index in [4.69, 9.17) is 9.84 Å². The first-order valence-electron chi connectivity index (χ1n) is 8.75. The summed E-state index contributed by atoms with van der Waals surface area (Å²) in [5, 5.41) is 8.75. The molecule has 0 amide bonds. The van der Waals surface area contributed by atoms with E-state index in [0.717, 1.165) is 0 Å². The van der Waals surface area contributed by atoms with E-state index < -0.39 is 51.3 Å². The van der Waals surface area contributed by atoms with Crippen LogP contribution in [0, 0.1) is 6.92 Å². The van der Waals surface area contributed by atoms with Crippen molar-refractivity contribution in [1.29, 1.82) is 0 Å². The van der Waals surface area contributed by atoms with Gasteiger partial charge in [-0.1, -0.05) is 18.2 Å². The Morgan fingerprint density at radius 3 is 2.45 bits per heavy atom. The number of carbonyl (C=O) groups excluding carboxylic acids is 1. The summed E-state index contributed by atoms with van der Waals surface area (Å²) >= 11 is 0. The van der Waals surface area contributed by atoms with Gasteiger partial charge in [-0.05, 0) is 32.3 Å². The van der Waals surface area contributed by atoms with Gasteiger partial charge in [-0.3, -0.25) is 4.79 Å². The monoisotopic (exact) mass is 466 g/mol. The first-order valence-corrected chi connectivity index (χ1v) is 10.2. The molecule has 7 nitrogen and oxygen atoms in total. The number of carboxylic acid groups (broad SMARTS) is 1. The molecule has 1 aromatic rings. The second-order valence-electron chi connectivity index (χ2n) is 6.77. The molecule has 1 aliphatic heterocycles. The average Bonchev–Trinajstić information content (AvgIpc) is 3.01. The summed E-state index contributed by atoms with van der Waals surface area (Å²) in [6.07, 6.45) is 0.883. The maximum absolute atomic E-state index is 14.3. The number of allylic oxidation sites excluding steroid dienone is 2.